The molecule has 1 aromatic carbocycles. The van der Waals surface area contributed by atoms with E-state index in [2.05, 4.69) is 25.7 Å². The van der Waals surface area contributed by atoms with E-state index in [9.17, 15) is 9.59 Å². The second-order valence-electron chi connectivity index (χ2n) is 11.6. The summed E-state index contributed by atoms with van der Waals surface area (Å²) in [5, 5.41) is 18.5. The minimum Gasteiger partial charge on any atom is -0.444 e. The third kappa shape index (κ3) is 5.45. The maximum absolute atomic E-state index is 14.0. The van der Waals surface area contributed by atoms with Crippen LogP contribution < -0.4 is 5.32 Å². The van der Waals surface area contributed by atoms with E-state index in [-0.39, 0.29) is 12.5 Å². The van der Waals surface area contributed by atoms with Gasteiger partial charge in [0.25, 0.3) is 0 Å². The van der Waals surface area contributed by atoms with E-state index in [1.165, 1.54) is 9.58 Å². The van der Waals surface area contributed by atoms with E-state index in [0.29, 0.717) is 58.1 Å². The molecule has 0 spiro atoms. The normalized spacial score (nSPS) is 17.3. The zero-order valence-electron chi connectivity index (χ0n) is 24.3. The number of carbonyl (C=O) groups is 2. The Morgan fingerprint density at radius 1 is 1.17 bits per heavy atom. The van der Waals surface area contributed by atoms with Gasteiger partial charge < -0.3 is 19.9 Å². The summed E-state index contributed by atoms with van der Waals surface area (Å²) in [4.78, 5) is 31.8. The van der Waals surface area contributed by atoms with Crippen LogP contribution in [0.4, 0.5) is 4.79 Å². The van der Waals surface area contributed by atoms with Crippen molar-refractivity contribution >= 4 is 57.7 Å². The molecule has 1 unspecified atom stereocenters. The van der Waals surface area contributed by atoms with E-state index in [1.54, 1.807) is 50.8 Å². The maximum Gasteiger partial charge on any atom is 0.410 e. The summed E-state index contributed by atoms with van der Waals surface area (Å²) in [5.74, 6) is -0.291. The van der Waals surface area contributed by atoms with Crippen LogP contribution in [0, 0.1) is 13.8 Å². The number of ether oxygens (including phenoxy) is 1. The number of benzene rings is 1. The Morgan fingerprint density at radius 3 is 2.55 bits per heavy atom. The molecule has 1 fully saturated rings. The second kappa shape index (κ2) is 11.1. The van der Waals surface area contributed by atoms with Crippen molar-refractivity contribution in [2.75, 3.05) is 19.6 Å². The number of rotatable bonds is 6. The molecule has 1 atom stereocenters. The molecule has 0 aliphatic carbocycles. The molecule has 0 saturated carbocycles. The van der Waals surface area contributed by atoms with Crippen LogP contribution in [-0.2, 0) is 28.5 Å². The van der Waals surface area contributed by atoms with E-state index >= 15 is 0 Å². The Bertz CT molecular complexity index is 1690. The summed E-state index contributed by atoms with van der Waals surface area (Å²) in [6.45, 7) is 9.87. The Kier molecular flexibility index (Phi) is 7.97. The van der Waals surface area contributed by atoms with Crippen molar-refractivity contribution < 1.29 is 14.3 Å². The molecule has 0 bridgehead atoms. The molecule has 2 amide bonds. The lowest BCUT2D eigenvalue weighted by Gasteiger charge is -2.29. The third-order valence-corrected chi connectivity index (χ3v) is 8.56. The summed E-state index contributed by atoms with van der Waals surface area (Å²) in [5.41, 5.74) is 2.55. The summed E-state index contributed by atoms with van der Waals surface area (Å²) in [7, 11) is 1.74. The molecule has 4 aromatic rings. The highest BCUT2D eigenvalue weighted by atomic mass is 35.5. The summed E-state index contributed by atoms with van der Waals surface area (Å²) >= 11 is 19.4. The quantitative estimate of drug-likeness (QED) is 0.291. The average Bonchev–Trinajstić information content (AvgIpc) is 3.67. The van der Waals surface area contributed by atoms with E-state index in [0.717, 1.165) is 22.2 Å². The lowest BCUT2D eigenvalue weighted by Crippen LogP contribution is -2.52. The van der Waals surface area contributed by atoms with Crippen LogP contribution in [-0.4, -0.2) is 71.9 Å². The predicted octanol–water partition coefficient (Wildman–Crippen LogP) is 5.43. The molecule has 4 heterocycles. The highest BCUT2D eigenvalue weighted by Gasteiger charge is 2.49. The third-order valence-electron chi connectivity index (χ3n) is 7.49. The molecule has 1 aliphatic heterocycles. The van der Waals surface area contributed by atoms with Crippen LogP contribution in [0.1, 0.15) is 44.1 Å². The van der Waals surface area contributed by atoms with Crippen LogP contribution in [0.15, 0.2) is 18.3 Å². The first-order valence-electron chi connectivity index (χ1n) is 13.6. The van der Waals surface area contributed by atoms with Crippen molar-refractivity contribution in [3.05, 3.63) is 50.5 Å². The Balaban J connectivity index is 1.43. The SMILES string of the molecule is Cc1nn(C)c(Cl)c1-c1cn(C2(C(=O)NCCc3c(C)[nH]c4c(Cl)ccc(Cl)c34)CCN(C(=O)OC(C)(C)C)C2)nn1. The van der Waals surface area contributed by atoms with Crippen LogP contribution in [0.3, 0.4) is 0 Å². The molecule has 11 nitrogen and oxygen atoms in total. The van der Waals surface area contributed by atoms with Crippen molar-refractivity contribution in [2.24, 2.45) is 7.05 Å². The Morgan fingerprint density at radius 2 is 1.88 bits per heavy atom. The van der Waals surface area contributed by atoms with Crippen molar-refractivity contribution in [1.29, 1.82) is 0 Å². The molecular weight excluding hydrogens is 603 g/mol. The number of halogens is 3. The number of hydrogen-bond donors (Lipinski definition) is 2. The number of carbonyl (C=O) groups excluding carboxylic acids is 2. The standard InChI is InChI=1S/C28H33Cl3N8O3/c1-15-17(22-18(29)7-8-19(30)23(22)33-15)9-11-32-25(40)28(10-12-38(14-28)26(41)42-27(3,4)5)39-13-20(34-36-39)21-16(2)35-37(6)24(21)31/h7-8,13,33H,9-12,14H2,1-6H3,(H,32,40). The molecule has 3 aromatic heterocycles. The number of aromatic nitrogens is 6. The van der Waals surface area contributed by atoms with Crippen molar-refractivity contribution in [1.82, 2.24) is 40.0 Å². The number of aryl methyl sites for hydroxylation is 3. The molecule has 0 radical (unpaired) electrons. The van der Waals surface area contributed by atoms with Crippen LogP contribution in [0.25, 0.3) is 22.2 Å². The van der Waals surface area contributed by atoms with E-state index in [1.807, 2.05) is 13.8 Å². The fourth-order valence-electron chi connectivity index (χ4n) is 5.46. The molecule has 224 valence electrons. The van der Waals surface area contributed by atoms with Crippen LogP contribution in [0.2, 0.25) is 15.2 Å². The van der Waals surface area contributed by atoms with Gasteiger partial charge in [0.2, 0.25) is 5.91 Å². The number of aromatic amines is 1. The summed E-state index contributed by atoms with van der Waals surface area (Å²) in [6, 6.07) is 3.51. The average molecular weight is 636 g/mol. The van der Waals surface area contributed by atoms with Crippen LogP contribution in [0.5, 0.6) is 0 Å². The zero-order valence-corrected chi connectivity index (χ0v) is 26.6. The number of nitrogens with one attached hydrogen (secondary N) is 2. The molecule has 14 heteroatoms. The van der Waals surface area contributed by atoms with Gasteiger partial charge in [-0.1, -0.05) is 40.0 Å². The monoisotopic (exact) mass is 634 g/mol. The molecule has 5 rings (SSSR count). The Hall–Kier alpha value is -3.28. The molecule has 2 N–H and O–H groups in total. The number of amides is 2. The fourth-order valence-corrected chi connectivity index (χ4v) is 6.21. The highest BCUT2D eigenvalue weighted by Crippen LogP contribution is 2.36. The minimum atomic E-state index is -1.22. The molecule has 42 heavy (non-hydrogen) atoms. The number of H-pyrrole nitrogens is 1. The first kappa shape index (κ1) is 30.2. The van der Waals surface area contributed by atoms with Gasteiger partial charge in [-0.05, 0) is 58.7 Å². The minimum absolute atomic E-state index is 0.0594. The maximum atomic E-state index is 14.0. The molecule has 1 saturated heterocycles. The molecular formula is C28H33Cl3N8O3. The number of nitrogens with zero attached hydrogens (tertiary/aromatic N) is 6. The Labute approximate surface area is 258 Å². The first-order chi connectivity index (χ1) is 19.7. The van der Waals surface area contributed by atoms with E-state index in [4.69, 9.17) is 39.5 Å². The second-order valence-corrected chi connectivity index (χ2v) is 12.8. The van der Waals surface area contributed by atoms with Gasteiger partial charge in [-0.15, -0.1) is 5.10 Å². The van der Waals surface area contributed by atoms with Crippen molar-refractivity contribution in [2.45, 2.75) is 58.6 Å². The van der Waals surface area contributed by atoms with Gasteiger partial charge in [0.15, 0.2) is 5.54 Å². The number of likely N-dealkylation sites (tertiary alicyclic amines) is 1. The van der Waals surface area contributed by atoms with Crippen LogP contribution >= 0.6 is 34.8 Å². The zero-order chi connectivity index (χ0) is 30.6. The number of hydrogen-bond acceptors (Lipinski definition) is 6. The summed E-state index contributed by atoms with van der Waals surface area (Å²) < 4.78 is 8.68. The van der Waals surface area contributed by atoms with Gasteiger partial charge in [-0.2, -0.15) is 5.10 Å². The smallest absolute Gasteiger partial charge is 0.410 e. The largest absolute Gasteiger partial charge is 0.444 e. The topological polar surface area (TPSA) is 123 Å². The predicted molar refractivity (Wildman–Crippen MR) is 162 cm³/mol. The fraction of sp³-hybridized carbons (Fsp3) is 0.464. The summed E-state index contributed by atoms with van der Waals surface area (Å²) in [6.07, 6.45) is 2.01. The van der Waals surface area contributed by atoms with Gasteiger partial charge in [0.1, 0.15) is 16.4 Å². The lowest BCUT2D eigenvalue weighted by molar-refractivity contribution is -0.129. The first-order valence-corrected chi connectivity index (χ1v) is 14.7. The van der Waals surface area contributed by atoms with E-state index < -0.39 is 17.2 Å². The van der Waals surface area contributed by atoms with Gasteiger partial charge in [-0.25, -0.2) is 9.48 Å². The van der Waals surface area contributed by atoms with Gasteiger partial charge >= 0.3 is 6.09 Å². The van der Waals surface area contributed by atoms with Gasteiger partial charge in [0, 0.05) is 37.6 Å². The van der Waals surface area contributed by atoms with Gasteiger partial charge in [0.05, 0.1) is 39.6 Å². The highest BCUT2D eigenvalue weighted by molar-refractivity contribution is 6.40. The van der Waals surface area contributed by atoms with Crippen molar-refractivity contribution in [3.8, 4) is 11.3 Å². The van der Waals surface area contributed by atoms with Crippen molar-refractivity contribution in [3.63, 3.8) is 0 Å². The lowest BCUT2D eigenvalue weighted by atomic mass is 9.97. The van der Waals surface area contributed by atoms with Gasteiger partial charge in [-0.3, -0.25) is 9.48 Å². The number of fused-ring (bicyclic) bond motifs is 1. The molecule has 1 aliphatic rings.